The summed E-state index contributed by atoms with van der Waals surface area (Å²) >= 11 is 0. The molecule has 0 atom stereocenters. The number of hydrogen-bond acceptors (Lipinski definition) is 6. The molecule has 0 N–H and O–H groups in total. The number of pyridine rings is 1. The minimum Gasteiger partial charge on any atom is -0.481 e. The molecule has 2 aromatic heterocycles. The molecular formula is C20H23N5O. The van der Waals surface area contributed by atoms with Crippen molar-refractivity contribution in [2.75, 3.05) is 43.1 Å². The number of nitrogens with zero attached hydrogens (tertiary/aromatic N) is 5. The highest BCUT2D eigenvalue weighted by molar-refractivity contribution is 5.92. The van der Waals surface area contributed by atoms with Gasteiger partial charge in [0.15, 0.2) is 0 Å². The first-order chi connectivity index (χ1) is 12.8. The first-order valence-electron chi connectivity index (χ1n) is 9.04. The number of para-hydroxylation sites is 1. The number of fused-ring (bicyclic) bond motifs is 1. The van der Waals surface area contributed by atoms with Crippen LogP contribution in [0.4, 0.5) is 11.6 Å². The Morgan fingerprint density at radius 1 is 1.00 bits per heavy atom. The first-order valence-corrected chi connectivity index (χ1v) is 9.04. The van der Waals surface area contributed by atoms with Crippen LogP contribution in [-0.2, 0) is 6.42 Å². The van der Waals surface area contributed by atoms with Gasteiger partial charge in [-0.2, -0.15) is 4.98 Å². The lowest BCUT2D eigenvalue weighted by Crippen LogP contribution is -2.47. The fraction of sp³-hybridized carbons (Fsp3) is 0.350. The van der Waals surface area contributed by atoms with Gasteiger partial charge in [-0.25, -0.2) is 4.98 Å². The van der Waals surface area contributed by atoms with Gasteiger partial charge in [0.25, 0.3) is 0 Å². The van der Waals surface area contributed by atoms with Crippen molar-refractivity contribution in [3.05, 3.63) is 48.3 Å². The fourth-order valence-corrected chi connectivity index (χ4v) is 3.40. The average Bonchev–Trinajstić information content (AvgIpc) is 2.73. The molecule has 3 heterocycles. The second-order valence-electron chi connectivity index (χ2n) is 6.38. The minimum atomic E-state index is 0.602. The molecule has 0 saturated carbocycles. The summed E-state index contributed by atoms with van der Waals surface area (Å²) in [6.45, 7) is 5.77. The molecule has 1 aliphatic heterocycles. The van der Waals surface area contributed by atoms with E-state index in [4.69, 9.17) is 9.72 Å². The summed E-state index contributed by atoms with van der Waals surface area (Å²) in [5.74, 6) is 1.34. The molecule has 0 radical (unpaired) electrons. The Morgan fingerprint density at radius 3 is 2.54 bits per heavy atom. The number of piperazine rings is 1. The van der Waals surface area contributed by atoms with Crippen molar-refractivity contribution in [2.45, 2.75) is 13.3 Å². The highest BCUT2D eigenvalue weighted by Crippen LogP contribution is 2.28. The Labute approximate surface area is 153 Å². The highest BCUT2D eigenvalue weighted by Gasteiger charge is 2.21. The van der Waals surface area contributed by atoms with Crippen LogP contribution in [0.1, 0.15) is 12.6 Å². The van der Waals surface area contributed by atoms with E-state index >= 15 is 0 Å². The van der Waals surface area contributed by atoms with Crippen molar-refractivity contribution < 1.29 is 4.74 Å². The van der Waals surface area contributed by atoms with Gasteiger partial charge in [-0.3, -0.25) is 4.98 Å². The quantitative estimate of drug-likeness (QED) is 0.722. The molecule has 3 aromatic rings. The summed E-state index contributed by atoms with van der Waals surface area (Å²) in [6, 6.07) is 12.4. The minimum absolute atomic E-state index is 0.602. The smallest absolute Gasteiger partial charge is 0.228 e. The summed E-state index contributed by atoms with van der Waals surface area (Å²) in [5, 5.41) is 1.22. The van der Waals surface area contributed by atoms with E-state index < -0.39 is 0 Å². The van der Waals surface area contributed by atoms with Gasteiger partial charge in [-0.1, -0.05) is 25.1 Å². The summed E-state index contributed by atoms with van der Waals surface area (Å²) in [5.41, 5.74) is 3.48. The zero-order valence-electron chi connectivity index (χ0n) is 15.2. The molecule has 4 rings (SSSR count). The number of aryl methyl sites for hydroxylation is 1. The normalized spacial score (nSPS) is 14.7. The van der Waals surface area contributed by atoms with Crippen LogP contribution >= 0.6 is 0 Å². The van der Waals surface area contributed by atoms with Gasteiger partial charge in [0, 0.05) is 55.2 Å². The van der Waals surface area contributed by atoms with E-state index in [9.17, 15) is 0 Å². The second-order valence-corrected chi connectivity index (χ2v) is 6.38. The Hall–Kier alpha value is -2.89. The van der Waals surface area contributed by atoms with Crippen LogP contribution in [0.15, 0.2) is 42.6 Å². The summed E-state index contributed by atoms with van der Waals surface area (Å²) in [6.07, 6.45) is 2.69. The summed E-state index contributed by atoms with van der Waals surface area (Å²) in [7, 11) is 1.63. The molecule has 0 unspecified atom stereocenters. The number of benzene rings is 1. The first kappa shape index (κ1) is 16.6. The van der Waals surface area contributed by atoms with Crippen molar-refractivity contribution in [3.8, 4) is 5.88 Å². The molecule has 0 amide bonds. The Kier molecular flexibility index (Phi) is 4.56. The molecule has 134 valence electrons. The second kappa shape index (κ2) is 7.15. The number of anilines is 2. The number of hydrogen-bond donors (Lipinski definition) is 0. The van der Waals surface area contributed by atoms with Gasteiger partial charge in [-0.15, -0.1) is 0 Å². The van der Waals surface area contributed by atoms with E-state index in [1.165, 1.54) is 11.1 Å². The lowest BCUT2D eigenvalue weighted by atomic mass is 10.1. The zero-order chi connectivity index (χ0) is 17.9. The molecule has 1 fully saturated rings. The van der Waals surface area contributed by atoms with E-state index in [0.717, 1.165) is 49.8 Å². The largest absolute Gasteiger partial charge is 0.481 e. The molecule has 6 nitrogen and oxygen atoms in total. The fourth-order valence-electron chi connectivity index (χ4n) is 3.40. The molecule has 0 bridgehead atoms. The number of methoxy groups -OCH3 is 1. The third-order valence-corrected chi connectivity index (χ3v) is 4.84. The van der Waals surface area contributed by atoms with E-state index in [0.29, 0.717) is 5.88 Å². The van der Waals surface area contributed by atoms with Crippen molar-refractivity contribution >= 4 is 22.5 Å². The van der Waals surface area contributed by atoms with Crippen LogP contribution < -0.4 is 14.5 Å². The van der Waals surface area contributed by atoms with Gasteiger partial charge in [-0.05, 0) is 18.6 Å². The Balaban J connectivity index is 1.57. The van der Waals surface area contributed by atoms with E-state index in [2.05, 4.69) is 57.0 Å². The Bertz CT molecular complexity index is 906. The lowest BCUT2D eigenvalue weighted by Gasteiger charge is -2.36. The lowest BCUT2D eigenvalue weighted by molar-refractivity contribution is 0.396. The molecule has 1 aromatic carbocycles. The van der Waals surface area contributed by atoms with Crippen molar-refractivity contribution in [1.29, 1.82) is 0 Å². The molecule has 1 aliphatic rings. The molecule has 0 aliphatic carbocycles. The maximum atomic E-state index is 5.21. The van der Waals surface area contributed by atoms with Gasteiger partial charge in [0.1, 0.15) is 0 Å². The maximum Gasteiger partial charge on any atom is 0.228 e. The molecular weight excluding hydrogens is 326 g/mol. The van der Waals surface area contributed by atoms with Crippen LogP contribution in [0.5, 0.6) is 5.88 Å². The number of rotatable bonds is 4. The van der Waals surface area contributed by atoms with Crippen LogP contribution in [0.25, 0.3) is 10.9 Å². The topological polar surface area (TPSA) is 54.4 Å². The molecule has 0 spiro atoms. The standard InChI is InChI=1S/C20H23N5O/c1-3-15-14-18(16-6-4-5-7-17(16)22-15)24-10-12-25(13-11-24)20-21-9-8-19(23-20)26-2/h4-9,14H,3,10-13H2,1-2H3. The van der Waals surface area contributed by atoms with Crippen molar-refractivity contribution in [3.63, 3.8) is 0 Å². The molecule has 1 saturated heterocycles. The zero-order valence-corrected chi connectivity index (χ0v) is 15.2. The SMILES string of the molecule is CCc1cc(N2CCN(c3nccc(OC)n3)CC2)c2ccccc2n1. The predicted molar refractivity (Wildman–Crippen MR) is 104 cm³/mol. The maximum absolute atomic E-state index is 5.21. The van der Waals surface area contributed by atoms with Gasteiger partial charge in [0.2, 0.25) is 11.8 Å². The predicted octanol–water partition coefficient (Wildman–Crippen LogP) is 2.92. The van der Waals surface area contributed by atoms with Crippen molar-refractivity contribution in [1.82, 2.24) is 15.0 Å². The van der Waals surface area contributed by atoms with E-state index in [1.54, 1.807) is 19.4 Å². The Morgan fingerprint density at radius 2 is 1.77 bits per heavy atom. The van der Waals surface area contributed by atoms with Crippen molar-refractivity contribution in [2.24, 2.45) is 0 Å². The third kappa shape index (κ3) is 3.14. The molecule has 6 heteroatoms. The van der Waals surface area contributed by atoms with Crippen LogP contribution in [0.2, 0.25) is 0 Å². The third-order valence-electron chi connectivity index (χ3n) is 4.84. The number of aromatic nitrogens is 3. The van der Waals surface area contributed by atoms with E-state index in [1.807, 2.05) is 0 Å². The summed E-state index contributed by atoms with van der Waals surface area (Å²) in [4.78, 5) is 18.3. The number of ether oxygens (including phenoxy) is 1. The van der Waals surface area contributed by atoms with Crippen LogP contribution in [-0.4, -0.2) is 48.2 Å². The van der Waals surface area contributed by atoms with Crippen LogP contribution in [0, 0.1) is 0 Å². The van der Waals surface area contributed by atoms with Gasteiger partial charge in [0.05, 0.1) is 12.6 Å². The monoisotopic (exact) mass is 349 g/mol. The average molecular weight is 349 g/mol. The van der Waals surface area contributed by atoms with E-state index in [-0.39, 0.29) is 0 Å². The van der Waals surface area contributed by atoms with Crippen LogP contribution in [0.3, 0.4) is 0 Å². The summed E-state index contributed by atoms with van der Waals surface area (Å²) < 4.78 is 5.21. The molecule has 26 heavy (non-hydrogen) atoms. The highest BCUT2D eigenvalue weighted by atomic mass is 16.5. The van der Waals surface area contributed by atoms with Gasteiger partial charge < -0.3 is 14.5 Å². The van der Waals surface area contributed by atoms with Gasteiger partial charge >= 0.3 is 0 Å².